The highest BCUT2D eigenvalue weighted by atomic mass is 19.1. The summed E-state index contributed by atoms with van der Waals surface area (Å²) in [6.45, 7) is 5.77. The van der Waals surface area contributed by atoms with Crippen LogP contribution in [0.3, 0.4) is 0 Å². The summed E-state index contributed by atoms with van der Waals surface area (Å²) < 4.78 is 19.7. The second kappa shape index (κ2) is 9.94. The van der Waals surface area contributed by atoms with Crippen molar-refractivity contribution in [2.45, 2.75) is 45.6 Å². The Morgan fingerprint density at radius 1 is 1.09 bits per heavy atom. The first-order valence-electron chi connectivity index (χ1n) is 13.7. The highest BCUT2D eigenvalue weighted by Gasteiger charge is 2.56. The number of nitrogens with zero attached hydrogens (tertiary/aromatic N) is 1. The van der Waals surface area contributed by atoms with Crippen molar-refractivity contribution in [3.8, 4) is 17.2 Å². The number of H-pyrrole nitrogens is 1. The van der Waals surface area contributed by atoms with Crippen LogP contribution < -0.4 is 10.1 Å². The zero-order valence-corrected chi connectivity index (χ0v) is 23.8. The van der Waals surface area contributed by atoms with E-state index in [9.17, 15) is 29.0 Å². The molecule has 0 saturated heterocycles. The lowest BCUT2D eigenvalue weighted by Crippen LogP contribution is -2.41. The quantitative estimate of drug-likeness (QED) is 0.139. The maximum Gasteiger partial charge on any atom is 0.194 e. The first-order chi connectivity index (χ1) is 20.4. The number of hydrogen-bond acceptors (Lipinski definition) is 8. The summed E-state index contributed by atoms with van der Waals surface area (Å²) in [5.41, 5.74) is 0.634. The smallest absolute Gasteiger partial charge is 0.194 e. The number of aromatic hydroxyl groups is 2. The molecule has 2 unspecified atom stereocenters. The number of aromatic nitrogens is 2. The molecule has 2 heterocycles. The van der Waals surface area contributed by atoms with Crippen molar-refractivity contribution in [1.82, 2.24) is 15.3 Å². The molecule has 43 heavy (non-hydrogen) atoms. The molecule has 2 aliphatic rings. The Kier molecular flexibility index (Phi) is 6.45. The van der Waals surface area contributed by atoms with Crippen LogP contribution in [0.15, 0.2) is 71.6 Å². The number of phenolic OH excluding ortho intramolecular Hbond substituents is 2. The standard InChI is InChI=1S/C33H28FN3O6/c1-15-29(40)27(17(3)38)31-28(30(15)41)33(4)24(43-31)14-23(39)26(32(33)42)16(2)35-22(18-9-11-19(34)12-10-18)13-25-36-20-7-5-6-8-21(20)37-25/h5-12,14,22,35,40-41H,13H2,1-4H3,(H,36,37). The second-order valence-electron chi connectivity index (χ2n) is 11.0. The van der Waals surface area contributed by atoms with Gasteiger partial charge in [0.2, 0.25) is 0 Å². The molecule has 3 aromatic carbocycles. The van der Waals surface area contributed by atoms with Crippen molar-refractivity contribution in [1.29, 1.82) is 0 Å². The van der Waals surface area contributed by atoms with Crippen molar-refractivity contribution in [2.75, 3.05) is 0 Å². The molecule has 2 atom stereocenters. The molecule has 0 bridgehead atoms. The average Bonchev–Trinajstić information content (AvgIpc) is 3.50. The molecule has 0 amide bonds. The average molecular weight is 582 g/mol. The molecule has 0 radical (unpaired) electrons. The van der Waals surface area contributed by atoms with Crippen LogP contribution in [0.5, 0.6) is 17.2 Å². The van der Waals surface area contributed by atoms with E-state index in [1.165, 1.54) is 39.0 Å². The molecule has 0 spiro atoms. The Balaban J connectivity index is 1.44. The molecule has 9 nitrogen and oxygen atoms in total. The van der Waals surface area contributed by atoms with Gasteiger partial charge in [-0.25, -0.2) is 9.37 Å². The van der Waals surface area contributed by atoms with Gasteiger partial charge in [-0.1, -0.05) is 24.3 Å². The van der Waals surface area contributed by atoms with Gasteiger partial charge < -0.3 is 25.3 Å². The van der Waals surface area contributed by atoms with E-state index in [-0.39, 0.29) is 39.5 Å². The predicted octanol–water partition coefficient (Wildman–Crippen LogP) is 5.16. The van der Waals surface area contributed by atoms with Crippen molar-refractivity contribution >= 4 is 28.4 Å². The van der Waals surface area contributed by atoms with Crippen LogP contribution in [0.2, 0.25) is 0 Å². The van der Waals surface area contributed by atoms with E-state index in [1.807, 2.05) is 24.3 Å². The largest absolute Gasteiger partial charge is 0.507 e. The lowest BCUT2D eigenvalue weighted by atomic mass is 9.70. The topological polar surface area (TPSA) is 142 Å². The number of ether oxygens (including phenoxy) is 1. The number of Topliss-reactive ketones (excluding diaryl/α,β-unsaturated/α-hetero) is 2. The molecule has 4 aromatic rings. The maximum atomic E-state index is 14.2. The van der Waals surface area contributed by atoms with Gasteiger partial charge in [-0.3, -0.25) is 14.4 Å². The van der Waals surface area contributed by atoms with Crippen LogP contribution in [0.25, 0.3) is 11.0 Å². The fraction of sp³-hybridized carbons (Fsp3) is 0.212. The molecule has 1 aliphatic heterocycles. The summed E-state index contributed by atoms with van der Waals surface area (Å²) in [5.74, 6) is -2.60. The van der Waals surface area contributed by atoms with Crippen LogP contribution in [0.1, 0.15) is 59.7 Å². The number of rotatable bonds is 6. The number of benzene rings is 3. The Bertz CT molecular complexity index is 1910. The highest BCUT2D eigenvalue weighted by Crippen LogP contribution is 2.57. The molecule has 0 fully saturated rings. The molecule has 6 rings (SSSR count). The third kappa shape index (κ3) is 4.29. The zero-order chi connectivity index (χ0) is 30.8. The number of imidazole rings is 1. The number of halogens is 1. The minimum atomic E-state index is -1.64. The van der Waals surface area contributed by atoms with Crippen LogP contribution >= 0.6 is 0 Å². The Hall–Kier alpha value is -5.25. The van der Waals surface area contributed by atoms with Crippen LogP contribution in [-0.2, 0) is 21.4 Å². The van der Waals surface area contributed by atoms with Gasteiger partial charge >= 0.3 is 0 Å². The van der Waals surface area contributed by atoms with Gasteiger partial charge in [-0.15, -0.1) is 0 Å². The Morgan fingerprint density at radius 2 is 1.79 bits per heavy atom. The minimum absolute atomic E-state index is 0.0133. The van der Waals surface area contributed by atoms with Gasteiger partial charge in [0.15, 0.2) is 17.3 Å². The molecule has 0 saturated carbocycles. The van der Waals surface area contributed by atoms with Gasteiger partial charge in [0, 0.05) is 23.8 Å². The number of fused-ring (bicyclic) bond motifs is 4. The lowest BCUT2D eigenvalue weighted by Gasteiger charge is -2.30. The number of allylic oxidation sites excluding steroid dienone is 4. The molecular weight excluding hydrogens is 553 g/mol. The van der Waals surface area contributed by atoms with Crippen molar-refractivity contribution < 1.29 is 33.7 Å². The van der Waals surface area contributed by atoms with E-state index in [2.05, 4.69) is 15.3 Å². The summed E-state index contributed by atoms with van der Waals surface area (Å²) >= 11 is 0. The monoisotopic (exact) mass is 581 g/mol. The van der Waals surface area contributed by atoms with E-state index in [1.54, 1.807) is 19.1 Å². The number of para-hydroxylation sites is 2. The molecule has 1 aromatic heterocycles. The third-order valence-corrected chi connectivity index (χ3v) is 8.26. The number of ketones is 3. The Morgan fingerprint density at radius 3 is 2.47 bits per heavy atom. The number of nitrogens with one attached hydrogen (secondary N) is 2. The van der Waals surface area contributed by atoms with Gasteiger partial charge in [0.1, 0.15) is 45.6 Å². The summed E-state index contributed by atoms with van der Waals surface area (Å²) in [6.07, 6.45) is 1.49. The normalized spacial score (nSPS) is 19.4. The van der Waals surface area contributed by atoms with Gasteiger partial charge in [-0.05, 0) is 57.5 Å². The Labute approximate surface area is 245 Å². The molecule has 10 heteroatoms. The fourth-order valence-electron chi connectivity index (χ4n) is 5.94. The first-order valence-corrected chi connectivity index (χ1v) is 13.7. The van der Waals surface area contributed by atoms with E-state index in [4.69, 9.17) is 4.74 Å². The number of aromatic amines is 1. The minimum Gasteiger partial charge on any atom is -0.507 e. The molecular formula is C33H28FN3O6. The van der Waals surface area contributed by atoms with Gasteiger partial charge in [0.05, 0.1) is 28.2 Å². The number of hydrogen-bond donors (Lipinski definition) is 4. The first kappa shape index (κ1) is 27.9. The van der Waals surface area contributed by atoms with Crippen molar-refractivity contribution in [3.63, 3.8) is 0 Å². The third-order valence-electron chi connectivity index (χ3n) is 8.26. The van der Waals surface area contributed by atoms with Crippen molar-refractivity contribution in [2.24, 2.45) is 0 Å². The highest BCUT2D eigenvalue weighted by molar-refractivity contribution is 6.31. The second-order valence-corrected chi connectivity index (χ2v) is 11.0. The lowest BCUT2D eigenvalue weighted by molar-refractivity contribution is -0.123. The van der Waals surface area contributed by atoms with E-state index >= 15 is 0 Å². The van der Waals surface area contributed by atoms with Gasteiger partial charge in [-0.2, -0.15) is 0 Å². The summed E-state index contributed by atoms with van der Waals surface area (Å²) in [4.78, 5) is 48.1. The fourth-order valence-corrected chi connectivity index (χ4v) is 5.94. The van der Waals surface area contributed by atoms with E-state index < -0.39 is 46.1 Å². The number of phenols is 2. The predicted molar refractivity (Wildman–Crippen MR) is 155 cm³/mol. The van der Waals surface area contributed by atoms with Crippen LogP contribution in [-0.4, -0.2) is 37.5 Å². The maximum absolute atomic E-state index is 14.2. The van der Waals surface area contributed by atoms with Crippen molar-refractivity contribution in [3.05, 3.63) is 106 Å². The van der Waals surface area contributed by atoms with E-state index in [0.717, 1.165) is 11.0 Å². The summed E-state index contributed by atoms with van der Waals surface area (Å²) in [5, 5.41) is 25.0. The molecule has 4 N–H and O–H groups in total. The molecule has 1 aliphatic carbocycles. The molecule has 218 valence electrons. The number of carbonyl (C=O) groups is 3. The van der Waals surface area contributed by atoms with Crippen LogP contribution in [0.4, 0.5) is 4.39 Å². The van der Waals surface area contributed by atoms with E-state index in [0.29, 0.717) is 17.8 Å². The zero-order valence-electron chi connectivity index (χ0n) is 23.8. The summed E-state index contributed by atoms with van der Waals surface area (Å²) in [7, 11) is 0. The SMILES string of the molecule is CC(=O)c1c(O)c(C)c(O)c2c1OC1=CC(=O)C(=C(C)NC(Cc3nc4ccccc4[nH]3)c3ccc(F)cc3)C(=O)C12C. The summed E-state index contributed by atoms with van der Waals surface area (Å²) in [6, 6.07) is 12.9. The van der Waals surface area contributed by atoms with Crippen LogP contribution in [0, 0.1) is 12.7 Å². The number of carbonyl (C=O) groups excluding carboxylic acids is 3. The van der Waals surface area contributed by atoms with Gasteiger partial charge in [0.25, 0.3) is 0 Å².